The molecule has 0 atom stereocenters. The van der Waals surface area contributed by atoms with Gasteiger partial charge in [0.25, 0.3) is 0 Å². The molecule has 4 rings (SSSR count). The van der Waals surface area contributed by atoms with Gasteiger partial charge in [-0.1, -0.05) is 18.2 Å². The van der Waals surface area contributed by atoms with Crippen LogP contribution in [0.1, 0.15) is 5.56 Å². The molecule has 0 saturated carbocycles. The van der Waals surface area contributed by atoms with Gasteiger partial charge in [0.1, 0.15) is 11.6 Å². The number of ether oxygens (including phenoxy) is 1. The van der Waals surface area contributed by atoms with Crippen LogP contribution in [-0.4, -0.2) is 22.0 Å². The molecule has 1 N–H and O–H groups in total. The molecule has 0 bridgehead atoms. The fourth-order valence-electron chi connectivity index (χ4n) is 3.22. The van der Waals surface area contributed by atoms with E-state index in [0.29, 0.717) is 45.1 Å². The lowest BCUT2D eigenvalue weighted by Crippen LogP contribution is -1.97. The van der Waals surface area contributed by atoms with Crippen LogP contribution >= 0.6 is 0 Å². The maximum atomic E-state index is 14.0. The molecule has 27 heavy (non-hydrogen) atoms. The van der Waals surface area contributed by atoms with Gasteiger partial charge in [0.15, 0.2) is 5.82 Å². The molecule has 0 aromatic heterocycles. The number of nitrogens with zero attached hydrogens (tertiary/aromatic N) is 3. The maximum absolute atomic E-state index is 14.0. The Morgan fingerprint density at radius 3 is 2.63 bits per heavy atom. The third kappa shape index (κ3) is 2.66. The minimum absolute atomic E-state index is 0.307. The van der Waals surface area contributed by atoms with Crippen molar-refractivity contribution in [3.63, 3.8) is 0 Å². The van der Waals surface area contributed by atoms with E-state index in [-0.39, 0.29) is 0 Å². The van der Waals surface area contributed by atoms with E-state index in [9.17, 15) is 14.9 Å². The molecule has 6 heteroatoms. The summed E-state index contributed by atoms with van der Waals surface area (Å²) in [5.41, 5.74) is 3.25. The van der Waals surface area contributed by atoms with Gasteiger partial charge in [0.05, 0.1) is 24.4 Å². The summed E-state index contributed by atoms with van der Waals surface area (Å²) in [5, 5.41) is 19.7. The van der Waals surface area contributed by atoms with Crippen LogP contribution < -0.4 is 4.74 Å². The van der Waals surface area contributed by atoms with E-state index >= 15 is 0 Å². The third-order valence-corrected chi connectivity index (χ3v) is 4.41. The molecular weight excluding hydrogens is 345 g/mol. The van der Waals surface area contributed by atoms with E-state index in [0.717, 1.165) is 4.73 Å². The summed E-state index contributed by atoms with van der Waals surface area (Å²) < 4.78 is 20.3. The van der Waals surface area contributed by atoms with Crippen LogP contribution in [0.4, 0.5) is 4.39 Å². The Morgan fingerprint density at radius 2 is 1.85 bits per heavy atom. The molecule has 0 fully saturated rings. The molecule has 2 heterocycles. The highest BCUT2D eigenvalue weighted by Crippen LogP contribution is 2.45. The van der Waals surface area contributed by atoms with Crippen LogP contribution in [0.25, 0.3) is 33.8 Å². The van der Waals surface area contributed by atoms with Crippen LogP contribution in [0.15, 0.2) is 60.8 Å². The first kappa shape index (κ1) is 16.6. The Labute approximate surface area is 154 Å². The van der Waals surface area contributed by atoms with Gasteiger partial charge < -0.3 is 9.94 Å². The highest BCUT2D eigenvalue weighted by Gasteiger charge is 2.26. The molecule has 0 amide bonds. The number of hydrogen-bond donors (Lipinski definition) is 1. The SMILES string of the molecule is COc1ccc(F)cc1-c1nc2n(O)cccc-2c1-c1ccccc1C#N. The molecular formula is C21H14FN3O2. The van der Waals surface area contributed by atoms with Crippen LogP contribution in [0.5, 0.6) is 5.75 Å². The Kier molecular flexibility index (Phi) is 3.98. The highest BCUT2D eigenvalue weighted by molar-refractivity contribution is 5.96. The second-order valence-electron chi connectivity index (χ2n) is 5.93. The van der Waals surface area contributed by atoms with Crippen LogP contribution in [0, 0.1) is 17.1 Å². The van der Waals surface area contributed by atoms with Gasteiger partial charge >= 0.3 is 0 Å². The van der Waals surface area contributed by atoms with Crippen LogP contribution in [0.2, 0.25) is 0 Å². The first-order valence-electron chi connectivity index (χ1n) is 8.17. The topological polar surface area (TPSA) is 71.1 Å². The first-order chi connectivity index (χ1) is 13.1. The molecule has 132 valence electrons. The zero-order chi connectivity index (χ0) is 19.0. The zero-order valence-corrected chi connectivity index (χ0v) is 14.3. The number of benzene rings is 2. The van der Waals surface area contributed by atoms with Crippen molar-refractivity contribution >= 4 is 0 Å². The van der Waals surface area contributed by atoms with Gasteiger partial charge in [-0.05, 0) is 36.4 Å². The predicted molar refractivity (Wildman–Crippen MR) is 98.1 cm³/mol. The van der Waals surface area contributed by atoms with Crippen molar-refractivity contribution in [2.24, 2.45) is 0 Å². The Bertz CT molecular complexity index is 1160. The van der Waals surface area contributed by atoms with Crippen LogP contribution in [0.3, 0.4) is 0 Å². The average Bonchev–Trinajstić information content (AvgIpc) is 3.08. The molecule has 2 aliphatic rings. The minimum Gasteiger partial charge on any atom is -0.496 e. The standard InChI is InChI=1S/C21H14FN3O2/c1-27-18-9-8-14(22)11-17(18)20-19(15-6-3-2-5-13(15)12-23)16-7-4-10-25(26)21(16)24-20/h2-11,26H,1H3. The number of nitriles is 1. The summed E-state index contributed by atoms with van der Waals surface area (Å²) in [6.45, 7) is 0. The predicted octanol–water partition coefficient (Wildman–Crippen LogP) is 4.58. The van der Waals surface area contributed by atoms with Gasteiger partial charge in [0.2, 0.25) is 0 Å². The van der Waals surface area contributed by atoms with Gasteiger partial charge in [-0.15, -0.1) is 0 Å². The summed E-state index contributed by atoms with van der Waals surface area (Å²) >= 11 is 0. The summed E-state index contributed by atoms with van der Waals surface area (Å²) in [6, 6.07) is 16.9. The van der Waals surface area contributed by atoms with Crippen LogP contribution in [-0.2, 0) is 0 Å². The van der Waals surface area contributed by atoms with E-state index in [2.05, 4.69) is 11.1 Å². The maximum Gasteiger partial charge on any atom is 0.176 e. The minimum atomic E-state index is -0.436. The molecule has 0 spiro atoms. The van der Waals surface area contributed by atoms with Crippen molar-refractivity contribution in [3.8, 4) is 45.6 Å². The lowest BCUT2D eigenvalue weighted by atomic mass is 9.93. The summed E-state index contributed by atoms with van der Waals surface area (Å²) in [4.78, 5) is 4.54. The van der Waals surface area contributed by atoms with E-state index in [1.165, 1.54) is 31.5 Å². The number of halogens is 1. The van der Waals surface area contributed by atoms with Gasteiger partial charge in [0, 0.05) is 28.5 Å². The molecule has 0 aliphatic carbocycles. The number of rotatable bonds is 3. The average molecular weight is 359 g/mol. The summed E-state index contributed by atoms with van der Waals surface area (Å²) in [6.07, 6.45) is 1.46. The zero-order valence-electron chi connectivity index (χ0n) is 14.3. The number of pyridine rings is 1. The summed E-state index contributed by atoms with van der Waals surface area (Å²) in [5.74, 6) is 0.315. The summed E-state index contributed by atoms with van der Waals surface area (Å²) in [7, 11) is 1.49. The van der Waals surface area contributed by atoms with Crippen molar-refractivity contribution in [2.45, 2.75) is 0 Å². The fourth-order valence-corrected chi connectivity index (χ4v) is 3.22. The second-order valence-corrected chi connectivity index (χ2v) is 5.93. The van der Waals surface area contributed by atoms with Gasteiger partial charge in [-0.3, -0.25) is 0 Å². The number of hydrogen-bond acceptors (Lipinski definition) is 4. The molecule has 2 aromatic carbocycles. The van der Waals surface area contributed by atoms with E-state index in [1.807, 2.05) is 6.07 Å². The number of fused-ring (bicyclic) bond motifs is 1. The van der Waals surface area contributed by atoms with E-state index in [4.69, 9.17) is 4.74 Å². The van der Waals surface area contributed by atoms with E-state index < -0.39 is 5.82 Å². The monoisotopic (exact) mass is 359 g/mol. The molecule has 0 radical (unpaired) electrons. The number of aromatic nitrogens is 2. The van der Waals surface area contributed by atoms with Crippen molar-refractivity contribution in [1.82, 2.24) is 9.71 Å². The van der Waals surface area contributed by atoms with Crippen molar-refractivity contribution in [3.05, 3.63) is 72.2 Å². The Balaban J connectivity index is 2.13. The smallest absolute Gasteiger partial charge is 0.176 e. The third-order valence-electron chi connectivity index (χ3n) is 4.41. The lowest BCUT2D eigenvalue weighted by Gasteiger charge is -2.11. The fraction of sp³-hybridized carbons (Fsp3) is 0.0476. The second kappa shape index (κ2) is 6.46. The largest absolute Gasteiger partial charge is 0.496 e. The lowest BCUT2D eigenvalue weighted by molar-refractivity contribution is 0.187. The number of methoxy groups -OCH3 is 1. The van der Waals surface area contributed by atoms with Crippen molar-refractivity contribution in [1.29, 1.82) is 5.26 Å². The Hall–Kier alpha value is -3.85. The molecule has 5 nitrogen and oxygen atoms in total. The van der Waals surface area contributed by atoms with Gasteiger partial charge in [-0.2, -0.15) is 9.99 Å². The highest BCUT2D eigenvalue weighted by atomic mass is 19.1. The quantitative estimate of drug-likeness (QED) is 0.544. The molecule has 2 aliphatic heterocycles. The van der Waals surface area contributed by atoms with Crippen molar-refractivity contribution < 1.29 is 14.3 Å². The Morgan fingerprint density at radius 1 is 1.07 bits per heavy atom. The molecule has 0 saturated heterocycles. The van der Waals surface area contributed by atoms with Crippen molar-refractivity contribution in [2.75, 3.05) is 7.11 Å². The van der Waals surface area contributed by atoms with E-state index in [1.54, 1.807) is 30.3 Å². The normalized spacial score (nSPS) is 10.7. The molecule has 0 unspecified atom stereocenters. The van der Waals surface area contributed by atoms with Gasteiger partial charge in [-0.25, -0.2) is 9.37 Å². The first-order valence-corrected chi connectivity index (χ1v) is 8.17. The molecule has 2 aromatic rings.